The number of rotatable bonds is 5. The van der Waals surface area contributed by atoms with Gasteiger partial charge in [0.25, 0.3) is 0 Å². The summed E-state index contributed by atoms with van der Waals surface area (Å²) in [5.74, 6) is 0.130. The van der Waals surface area contributed by atoms with Crippen molar-refractivity contribution >= 4 is 15.9 Å². The van der Waals surface area contributed by atoms with Gasteiger partial charge in [0, 0.05) is 39.1 Å². The van der Waals surface area contributed by atoms with Gasteiger partial charge >= 0.3 is 0 Å². The summed E-state index contributed by atoms with van der Waals surface area (Å²) >= 11 is 0. The van der Waals surface area contributed by atoms with Gasteiger partial charge in [0.1, 0.15) is 12.7 Å². The summed E-state index contributed by atoms with van der Waals surface area (Å²) in [4.78, 5) is 18.1. The minimum Gasteiger partial charge on any atom is -0.372 e. The van der Waals surface area contributed by atoms with E-state index < -0.39 is 15.6 Å². The van der Waals surface area contributed by atoms with Crippen LogP contribution < -0.4 is 0 Å². The third-order valence-electron chi connectivity index (χ3n) is 4.95. The van der Waals surface area contributed by atoms with Gasteiger partial charge in [-0.15, -0.1) is 0 Å². The second-order valence-electron chi connectivity index (χ2n) is 6.77. The number of hydrogen-bond acceptors (Lipinski definition) is 6. The third-order valence-corrected chi connectivity index (χ3v) is 6.20. The molecule has 0 bridgehead atoms. The number of hydrogen-bond donors (Lipinski definition) is 0. The van der Waals surface area contributed by atoms with Gasteiger partial charge in [0.2, 0.25) is 15.9 Å². The lowest BCUT2D eigenvalue weighted by molar-refractivity contribution is -0.144. The van der Waals surface area contributed by atoms with Gasteiger partial charge in [0.15, 0.2) is 0 Å². The van der Waals surface area contributed by atoms with Crippen LogP contribution in [0.25, 0.3) is 0 Å². The number of aromatic nitrogens is 3. The molecule has 0 saturated carbocycles. The quantitative estimate of drug-likeness (QED) is 0.706. The van der Waals surface area contributed by atoms with Crippen molar-refractivity contribution in [1.29, 1.82) is 0 Å². The van der Waals surface area contributed by atoms with Crippen molar-refractivity contribution in [3.8, 4) is 0 Å². The Morgan fingerprint density at radius 3 is 2.68 bits per heavy atom. The maximum Gasteiger partial charge on any atom is 0.222 e. The molecule has 25 heavy (non-hydrogen) atoms. The molecule has 9 nitrogen and oxygen atoms in total. The largest absolute Gasteiger partial charge is 0.372 e. The van der Waals surface area contributed by atoms with Crippen LogP contribution in [-0.4, -0.2) is 82.9 Å². The normalized spacial score (nSPS) is 21.6. The van der Waals surface area contributed by atoms with Crippen LogP contribution in [0.5, 0.6) is 0 Å². The van der Waals surface area contributed by atoms with Crippen LogP contribution in [0.3, 0.4) is 0 Å². The van der Waals surface area contributed by atoms with Crippen molar-refractivity contribution in [3.63, 3.8) is 0 Å². The summed E-state index contributed by atoms with van der Waals surface area (Å²) in [6.07, 6.45) is 6.91. The molecule has 3 rings (SSSR count). The zero-order valence-corrected chi connectivity index (χ0v) is 15.3. The van der Waals surface area contributed by atoms with Crippen molar-refractivity contribution in [3.05, 3.63) is 12.7 Å². The SMILES string of the molecule is CS(=O)(=O)N1CCOC2(CCN(C(=O)CCCn3cncn3)CC2)C1. The van der Waals surface area contributed by atoms with Crippen LogP contribution in [0.1, 0.15) is 25.7 Å². The van der Waals surface area contributed by atoms with Crippen LogP contribution >= 0.6 is 0 Å². The number of nitrogens with zero attached hydrogens (tertiary/aromatic N) is 5. The van der Waals surface area contributed by atoms with Crippen LogP contribution in [-0.2, 0) is 26.1 Å². The number of morpholine rings is 1. The molecule has 0 radical (unpaired) electrons. The molecular formula is C15H25N5O4S. The Labute approximate surface area is 148 Å². The Balaban J connectivity index is 1.47. The Morgan fingerprint density at radius 2 is 2.04 bits per heavy atom. The number of ether oxygens (including phenoxy) is 1. The zero-order chi connectivity index (χ0) is 17.9. The van der Waals surface area contributed by atoms with E-state index in [0.717, 1.165) is 6.42 Å². The number of amides is 1. The average molecular weight is 371 g/mol. The van der Waals surface area contributed by atoms with Crippen molar-refractivity contribution in [2.75, 3.05) is 39.0 Å². The summed E-state index contributed by atoms with van der Waals surface area (Å²) in [5.41, 5.74) is -0.446. The summed E-state index contributed by atoms with van der Waals surface area (Å²) < 4.78 is 32.7. The van der Waals surface area contributed by atoms with Crippen molar-refractivity contribution in [2.24, 2.45) is 0 Å². The van der Waals surface area contributed by atoms with Crippen LogP contribution in [0.4, 0.5) is 0 Å². The molecule has 1 spiro atoms. The summed E-state index contributed by atoms with van der Waals surface area (Å²) in [5, 5.41) is 4.02. The lowest BCUT2D eigenvalue weighted by Crippen LogP contribution is -2.58. The molecule has 3 heterocycles. The fourth-order valence-electron chi connectivity index (χ4n) is 3.46. The summed E-state index contributed by atoms with van der Waals surface area (Å²) in [6.45, 7) is 3.11. The Hall–Kier alpha value is -1.52. The van der Waals surface area contributed by atoms with E-state index in [9.17, 15) is 13.2 Å². The predicted molar refractivity (Wildman–Crippen MR) is 90.2 cm³/mol. The van der Waals surface area contributed by atoms with Crippen LogP contribution in [0.15, 0.2) is 12.7 Å². The molecule has 1 aromatic rings. The predicted octanol–water partition coefficient (Wildman–Crippen LogP) is -0.289. The fourth-order valence-corrected chi connectivity index (χ4v) is 4.33. The summed E-state index contributed by atoms with van der Waals surface area (Å²) in [7, 11) is -3.21. The van der Waals surface area contributed by atoms with Gasteiger partial charge < -0.3 is 9.64 Å². The maximum atomic E-state index is 12.4. The van der Waals surface area contributed by atoms with Gasteiger partial charge in [-0.3, -0.25) is 9.48 Å². The second-order valence-corrected chi connectivity index (χ2v) is 8.75. The smallest absolute Gasteiger partial charge is 0.222 e. The molecule has 2 fully saturated rings. The first-order chi connectivity index (χ1) is 11.9. The fraction of sp³-hybridized carbons (Fsp3) is 0.800. The molecule has 0 unspecified atom stereocenters. The number of carbonyl (C=O) groups is 1. The van der Waals surface area contributed by atoms with Crippen LogP contribution in [0, 0.1) is 0 Å². The lowest BCUT2D eigenvalue weighted by Gasteiger charge is -2.46. The molecule has 0 aromatic carbocycles. The molecule has 140 valence electrons. The number of piperidine rings is 1. The Morgan fingerprint density at radius 1 is 1.28 bits per heavy atom. The van der Waals surface area contributed by atoms with E-state index in [1.165, 1.54) is 16.9 Å². The molecule has 0 atom stereocenters. The van der Waals surface area contributed by atoms with Gasteiger partial charge in [-0.1, -0.05) is 0 Å². The van der Waals surface area contributed by atoms with E-state index in [0.29, 0.717) is 58.6 Å². The van der Waals surface area contributed by atoms with Gasteiger partial charge in [-0.05, 0) is 19.3 Å². The molecule has 1 amide bonds. The minimum absolute atomic E-state index is 0.130. The Bertz CT molecular complexity index is 683. The standard InChI is InChI=1S/C15H25N5O4S/c1-25(22,23)20-9-10-24-15(11-20)4-7-18(8-5-15)14(21)3-2-6-19-13-16-12-17-19/h12-13H,2-11H2,1H3. The minimum atomic E-state index is -3.21. The van der Waals surface area contributed by atoms with E-state index in [-0.39, 0.29) is 5.91 Å². The highest BCUT2D eigenvalue weighted by molar-refractivity contribution is 7.88. The highest BCUT2D eigenvalue weighted by Crippen LogP contribution is 2.31. The molecule has 1 aromatic heterocycles. The molecule has 0 N–H and O–H groups in total. The molecule has 10 heteroatoms. The van der Waals surface area contributed by atoms with Gasteiger partial charge in [-0.25, -0.2) is 13.4 Å². The first kappa shape index (κ1) is 18.3. The van der Waals surface area contributed by atoms with E-state index in [1.807, 2.05) is 4.90 Å². The number of aryl methyl sites for hydroxylation is 1. The third kappa shape index (κ3) is 4.56. The number of carbonyl (C=O) groups excluding carboxylic acids is 1. The van der Waals surface area contributed by atoms with E-state index in [2.05, 4.69) is 10.1 Å². The first-order valence-corrected chi connectivity index (χ1v) is 10.4. The van der Waals surface area contributed by atoms with Gasteiger partial charge in [0.05, 0.1) is 18.5 Å². The van der Waals surface area contributed by atoms with Gasteiger partial charge in [-0.2, -0.15) is 9.40 Å². The topological polar surface area (TPSA) is 97.6 Å². The summed E-state index contributed by atoms with van der Waals surface area (Å²) in [6, 6.07) is 0. The highest BCUT2D eigenvalue weighted by atomic mass is 32.2. The van der Waals surface area contributed by atoms with Crippen LogP contribution in [0.2, 0.25) is 0 Å². The Kier molecular flexibility index (Phi) is 5.40. The molecule has 0 aliphatic carbocycles. The van der Waals surface area contributed by atoms with E-state index in [4.69, 9.17) is 4.74 Å². The molecule has 2 aliphatic rings. The second kappa shape index (κ2) is 7.38. The molecular weight excluding hydrogens is 346 g/mol. The average Bonchev–Trinajstić information content (AvgIpc) is 3.08. The molecule has 2 saturated heterocycles. The van der Waals surface area contributed by atoms with Crippen molar-refractivity contribution in [1.82, 2.24) is 24.0 Å². The lowest BCUT2D eigenvalue weighted by atomic mass is 9.90. The molecule has 2 aliphatic heterocycles. The maximum absolute atomic E-state index is 12.4. The van der Waals surface area contributed by atoms with E-state index in [1.54, 1.807) is 11.0 Å². The first-order valence-electron chi connectivity index (χ1n) is 8.57. The zero-order valence-electron chi connectivity index (χ0n) is 14.5. The van der Waals surface area contributed by atoms with E-state index >= 15 is 0 Å². The number of likely N-dealkylation sites (tertiary alicyclic amines) is 1. The van der Waals surface area contributed by atoms with Crippen molar-refractivity contribution < 1.29 is 17.9 Å². The highest BCUT2D eigenvalue weighted by Gasteiger charge is 2.42. The monoisotopic (exact) mass is 371 g/mol. The van der Waals surface area contributed by atoms with Crippen molar-refractivity contribution in [2.45, 2.75) is 37.8 Å². The number of sulfonamides is 1.